The molecule has 3 saturated heterocycles. The molecule has 43 heavy (non-hydrogen) atoms. The number of carbonyl (C=O) groups excluding carboxylic acids is 1. The van der Waals surface area contributed by atoms with Crippen molar-refractivity contribution in [2.75, 3.05) is 24.2 Å². The Morgan fingerprint density at radius 1 is 1.19 bits per heavy atom. The van der Waals surface area contributed by atoms with Gasteiger partial charge in [0.15, 0.2) is 0 Å². The third-order valence-corrected chi connectivity index (χ3v) is 11.4. The molecule has 3 fully saturated rings. The lowest BCUT2D eigenvalue weighted by Gasteiger charge is -2.39. The van der Waals surface area contributed by atoms with Gasteiger partial charge in [-0.15, -0.1) is 0 Å². The van der Waals surface area contributed by atoms with Gasteiger partial charge in [-0.1, -0.05) is 23.7 Å². The van der Waals surface area contributed by atoms with E-state index in [-0.39, 0.29) is 53.1 Å². The predicted octanol–water partition coefficient (Wildman–Crippen LogP) is 4.57. The van der Waals surface area contributed by atoms with Crippen molar-refractivity contribution < 1.29 is 26.7 Å². The van der Waals surface area contributed by atoms with Crippen molar-refractivity contribution in [1.82, 2.24) is 9.62 Å². The summed E-state index contributed by atoms with van der Waals surface area (Å²) < 4.78 is 63.0. The SMILES string of the molecule is C[C@@H]1CC(C(c2ccc(Cl)c(F)c2)C(N)C(=O)Nc2cccc(F)c2CC[C@H]2CN[C@@H]3CCCS(=O)(=O)N2C3)C[C@H](C)O1. The number of ether oxygens (including phenoxy) is 1. The lowest BCUT2D eigenvalue weighted by Crippen LogP contribution is -2.57. The molecule has 2 bridgehead atoms. The maximum atomic E-state index is 15.2. The van der Waals surface area contributed by atoms with E-state index in [0.717, 1.165) is 6.42 Å². The summed E-state index contributed by atoms with van der Waals surface area (Å²) in [5.41, 5.74) is 7.79. The van der Waals surface area contributed by atoms with Crippen LogP contribution in [-0.4, -0.2) is 67.8 Å². The van der Waals surface area contributed by atoms with Gasteiger partial charge < -0.3 is 21.1 Å². The fourth-order valence-corrected chi connectivity index (χ4v) is 9.03. The van der Waals surface area contributed by atoms with Crippen LogP contribution in [0.4, 0.5) is 14.5 Å². The minimum absolute atomic E-state index is 0.0182. The Bertz CT molecular complexity index is 1420. The van der Waals surface area contributed by atoms with Gasteiger partial charge >= 0.3 is 0 Å². The molecule has 12 heteroatoms. The van der Waals surface area contributed by atoms with Crippen LogP contribution in [0.3, 0.4) is 0 Å². The Kier molecular flexibility index (Phi) is 10.1. The number of amides is 1. The number of hydrogen-bond acceptors (Lipinski definition) is 6. The topological polar surface area (TPSA) is 114 Å². The van der Waals surface area contributed by atoms with Gasteiger partial charge in [-0.25, -0.2) is 17.2 Å². The molecule has 4 N–H and O–H groups in total. The predicted molar refractivity (Wildman–Crippen MR) is 164 cm³/mol. The molecule has 0 spiro atoms. The average Bonchev–Trinajstić information content (AvgIpc) is 3.06. The molecule has 3 aliphatic rings. The molecule has 0 radical (unpaired) electrons. The summed E-state index contributed by atoms with van der Waals surface area (Å²) >= 11 is 5.96. The highest BCUT2D eigenvalue weighted by Crippen LogP contribution is 2.39. The molecule has 8 atom stereocenters. The van der Waals surface area contributed by atoms with Crippen LogP contribution in [0.15, 0.2) is 36.4 Å². The summed E-state index contributed by atoms with van der Waals surface area (Å²) in [5.74, 6) is -2.08. The van der Waals surface area contributed by atoms with Crippen molar-refractivity contribution in [1.29, 1.82) is 0 Å². The highest BCUT2D eigenvalue weighted by atomic mass is 35.5. The van der Waals surface area contributed by atoms with Gasteiger partial charge in [0.25, 0.3) is 0 Å². The van der Waals surface area contributed by atoms with E-state index in [1.165, 1.54) is 24.3 Å². The summed E-state index contributed by atoms with van der Waals surface area (Å²) in [6.45, 7) is 4.84. The number of nitrogens with two attached hydrogens (primary N) is 1. The summed E-state index contributed by atoms with van der Waals surface area (Å²) in [4.78, 5) is 13.7. The zero-order chi connectivity index (χ0) is 30.9. The van der Waals surface area contributed by atoms with Gasteiger partial charge in [-0.05, 0) is 88.1 Å². The summed E-state index contributed by atoms with van der Waals surface area (Å²) in [6.07, 6.45) is 3.19. The van der Waals surface area contributed by atoms with Crippen LogP contribution < -0.4 is 16.4 Å². The van der Waals surface area contributed by atoms with E-state index in [2.05, 4.69) is 10.6 Å². The van der Waals surface area contributed by atoms with Crippen molar-refractivity contribution in [3.8, 4) is 0 Å². The molecule has 3 aliphatic heterocycles. The fourth-order valence-electron chi connectivity index (χ4n) is 7.11. The first kappa shape index (κ1) is 32.2. The molecule has 2 aromatic rings. The van der Waals surface area contributed by atoms with Crippen LogP contribution in [0.25, 0.3) is 0 Å². The largest absolute Gasteiger partial charge is 0.376 e. The average molecular weight is 639 g/mol. The lowest BCUT2D eigenvalue weighted by molar-refractivity contribution is -0.119. The Labute approximate surface area is 257 Å². The van der Waals surface area contributed by atoms with Crippen LogP contribution in [0.1, 0.15) is 63.0 Å². The number of nitrogens with one attached hydrogen (secondary N) is 2. The number of hydrogen-bond donors (Lipinski definition) is 3. The maximum absolute atomic E-state index is 15.2. The van der Waals surface area contributed by atoms with E-state index in [0.29, 0.717) is 49.9 Å². The quantitative estimate of drug-likeness (QED) is 0.391. The fraction of sp³-hybridized carbons (Fsp3) is 0.581. The van der Waals surface area contributed by atoms with Crippen molar-refractivity contribution in [3.63, 3.8) is 0 Å². The van der Waals surface area contributed by atoms with Crippen LogP contribution in [-0.2, 0) is 26.0 Å². The zero-order valence-electron chi connectivity index (χ0n) is 24.6. The molecule has 0 saturated carbocycles. The van der Waals surface area contributed by atoms with Gasteiger partial charge in [0.1, 0.15) is 11.6 Å². The Hall–Kier alpha value is -2.15. The smallest absolute Gasteiger partial charge is 0.241 e. The second-order valence-corrected chi connectivity index (χ2v) is 14.7. The number of benzene rings is 2. The Balaban J connectivity index is 1.36. The number of rotatable bonds is 8. The first-order valence-electron chi connectivity index (χ1n) is 15.1. The number of sulfonamides is 1. The van der Waals surface area contributed by atoms with Gasteiger partial charge in [0.2, 0.25) is 15.9 Å². The van der Waals surface area contributed by atoms with Gasteiger partial charge in [-0.2, -0.15) is 4.31 Å². The van der Waals surface area contributed by atoms with E-state index in [1.54, 1.807) is 16.4 Å². The first-order valence-corrected chi connectivity index (χ1v) is 17.1. The number of fused-ring (bicyclic) bond motifs is 2. The highest BCUT2D eigenvalue weighted by molar-refractivity contribution is 7.89. The molecule has 5 rings (SSSR count). The number of halogens is 3. The van der Waals surface area contributed by atoms with E-state index in [1.807, 2.05) is 13.8 Å². The van der Waals surface area contributed by atoms with Crippen LogP contribution in [0, 0.1) is 17.6 Å². The second-order valence-electron chi connectivity index (χ2n) is 12.3. The minimum Gasteiger partial charge on any atom is -0.376 e. The number of anilines is 1. The van der Waals surface area contributed by atoms with Crippen molar-refractivity contribution >= 4 is 33.2 Å². The standard InChI is InChI=1S/C31H41ClF2N4O4S/c1-18-13-21(14-19(2)42-18)29(20-8-11-25(32)27(34)15-20)30(35)31(39)37-28-7-3-6-26(33)24(28)10-9-23-16-36-22-5-4-12-43(40,41)38(23)17-22/h3,6-8,11,15,18-19,21-23,29-30,36H,4-5,9-10,12-14,16-17,35H2,1-2H3,(H,37,39)/t18-,19+,21?,22-,23+,29?,30?/m1/s1. The van der Waals surface area contributed by atoms with Crippen molar-refractivity contribution in [2.24, 2.45) is 11.7 Å². The third-order valence-electron chi connectivity index (χ3n) is 9.13. The molecule has 4 unspecified atom stereocenters. The number of piperazine rings is 1. The normalized spacial score (nSPS) is 30.2. The molecular formula is C31H41ClF2N4O4S. The second kappa shape index (κ2) is 13.5. The summed E-state index contributed by atoms with van der Waals surface area (Å²) in [5, 5.41) is 6.26. The Morgan fingerprint density at radius 3 is 2.65 bits per heavy atom. The van der Waals surface area contributed by atoms with Crippen LogP contribution in [0.5, 0.6) is 0 Å². The number of carbonyl (C=O) groups is 1. The molecule has 1 amide bonds. The summed E-state index contributed by atoms with van der Waals surface area (Å²) in [7, 11) is -3.39. The molecule has 0 aromatic heterocycles. The molecule has 0 aliphatic carbocycles. The molecule has 3 heterocycles. The summed E-state index contributed by atoms with van der Waals surface area (Å²) in [6, 6.07) is 7.70. The van der Waals surface area contributed by atoms with E-state index in [4.69, 9.17) is 22.1 Å². The third kappa shape index (κ3) is 7.40. The molecule has 236 valence electrons. The lowest BCUT2D eigenvalue weighted by atomic mass is 9.74. The van der Waals surface area contributed by atoms with Crippen molar-refractivity contribution in [2.45, 2.75) is 88.6 Å². The van der Waals surface area contributed by atoms with Crippen molar-refractivity contribution in [3.05, 3.63) is 64.2 Å². The van der Waals surface area contributed by atoms with Gasteiger partial charge in [0.05, 0.1) is 29.0 Å². The van der Waals surface area contributed by atoms with Crippen LogP contribution in [0.2, 0.25) is 5.02 Å². The number of nitrogens with zero attached hydrogens (tertiary/aromatic N) is 1. The van der Waals surface area contributed by atoms with E-state index in [9.17, 15) is 17.6 Å². The maximum Gasteiger partial charge on any atom is 0.241 e. The van der Waals surface area contributed by atoms with E-state index < -0.39 is 39.5 Å². The van der Waals surface area contributed by atoms with Gasteiger partial charge in [0, 0.05) is 42.3 Å². The minimum atomic E-state index is -3.39. The molecule has 2 aromatic carbocycles. The van der Waals surface area contributed by atoms with Gasteiger partial charge in [-0.3, -0.25) is 4.79 Å². The Morgan fingerprint density at radius 2 is 1.93 bits per heavy atom. The molecular weight excluding hydrogens is 598 g/mol. The monoisotopic (exact) mass is 638 g/mol. The highest BCUT2D eigenvalue weighted by Gasteiger charge is 2.39. The first-order chi connectivity index (χ1) is 20.4. The van der Waals surface area contributed by atoms with Crippen LogP contribution >= 0.6 is 11.6 Å². The zero-order valence-corrected chi connectivity index (χ0v) is 26.1. The molecule has 8 nitrogen and oxygen atoms in total. The van der Waals surface area contributed by atoms with E-state index >= 15 is 4.39 Å².